The molecule has 14 heteroatoms. The first-order valence-electron chi connectivity index (χ1n) is 13.0. The Bertz CT molecular complexity index is 1400. The lowest BCUT2D eigenvalue weighted by Gasteiger charge is -2.30. The number of thiazole rings is 1. The maximum absolute atomic E-state index is 13.9. The molecular weight excluding hydrogens is 567 g/mol. The van der Waals surface area contributed by atoms with E-state index in [0.717, 1.165) is 48.6 Å². The molecule has 0 spiro atoms. The predicted octanol–water partition coefficient (Wildman–Crippen LogP) is 4.97. The average molecular weight is 598 g/mol. The highest BCUT2D eigenvalue weighted by Crippen LogP contribution is 2.40. The molecule has 1 saturated heterocycles. The van der Waals surface area contributed by atoms with Crippen molar-refractivity contribution in [3.8, 4) is 15.8 Å². The number of hydrogen-bond donors (Lipinski definition) is 1. The van der Waals surface area contributed by atoms with Crippen molar-refractivity contribution in [3.63, 3.8) is 0 Å². The van der Waals surface area contributed by atoms with Gasteiger partial charge in [0.25, 0.3) is 5.19 Å². The van der Waals surface area contributed by atoms with Crippen molar-refractivity contribution in [3.05, 3.63) is 53.9 Å². The third kappa shape index (κ3) is 7.09. The Morgan fingerprint density at radius 1 is 1.05 bits per heavy atom. The summed E-state index contributed by atoms with van der Waals surface area (Å²) in [5.41, 5.74) is -0.196. The molecule has 5 rings (SSSR count). The number of piperidine rings is 1. The second-order valence-electron chi connectivity index (χ2n) is 9.95. The van der Waals surface area contributed by atoms with E-state index in [4.69, 9.17) is 9.47 Å². The van der Waals surface area contributed by atoms with Crippen molar-refractivity contribution in [2.75, 3.05) is 24.7 Å². The zero-order valence-electron chi connectivity index (χ0n) is 21.8. The number of sulfonamides is 1. The van der Waals surface area contributed by atoms with E-state index in [9.17, 15) is 21.6 Å². The minimum atomic E-state index is -4.67. The highest BCUT2D eigenvalue weighted by molar-refractivity contribution is 7.88. The first-order chi connectivity index (χ1) is 19.1. The minimum Gasteiger partial charge on any atom is -0.464 e. The molecule has 0 amide bonds. The van der Waals surface area contributed by atoms with E-state index in [1.54, 1.807) is 0 Å². The third-order valence-electron chi connectivity index (χ3n) is 7.02. The topological polar surface area (TPSA) is 107 Å². The molecule has 1 saturated carbocycles. The van der Waals surface area contributed by atoms with Crippen LogP contribution in [0, 0.1) is 0 Å². The SMILES string of the molecule is CS(=O)(=O)N1CCC(Nc2ncc(C(F)(F)F)c(-c3cnc(O[C@@H]4CCC[C@H]4OCc4ccccc4)s3)n2)CC1. The summed E-state index contributed by atoms with van der Waals surface area (Å²) in [6.45, 7) is 1.08. The van der Waals surface area contributed by atoms with Gasteiger partial charge < -0.3 is 14.8 Å². The van der Waals surface area contributed by atoms with Gasteiger partial charge in [0.05, 0.1) is 35.7 Å². The van der Waals surface area contributed by atoms with Crippen LogP contribution >= 0.6 is 11.3 Å². The number of benzene rings is 1. The van der Waals surface area contributed by atoms with E-state index in [1.807, 2.05) is 30.3 Å². The van der Waals surface area contributed by atoms with Gasteiger partial charge in [0, 0.05) is 25.3 Å². The van der Waals surface area contributed by atoms with E-state index in [1.165, 1.54) is 10.5 Å². The molecular formula is C26H30F3N5O4S2. The molecule has 3 heterocycles. The summed E-state index contributed by atoms with van der Waals surface area (Å²) in [6, 6.07) is 9.64. The maximum Gasteiger partial charge on any atom is 0.420 e. The Morgan fingerprint density at radius 3 is 2.48 bits per heavy atom. The van der Waals surface area contributed by atoms with E-state index >= 15 is 0 Å². The van der Waals surface area contributed by atoms with Crippen molar-refractivity contribution < 1.29 is 31.1 Å². The molecule has 1 N–H and O–H groups in total. The summed E-state index contributed by atoms with van der Waals surface area (Å²) in [7, 11) is -3.29. The number of rotatable bonds is 9. The molecule has 0 bridgehead atoms. The second kappa shape index (κ2) is 12.0. The zero-order valence-corrected chi connectivity index (χ0v) is 23.4. The Kier molecular flexibility index (Phi) is 8.59. The lowest BCUT2D eigenvalue weighted by Crippen LogP contribution is -2.42. The number of halogens is 3. The smallest absolute Gasteiger partial charge is 0.420 e. The van der Waals surface area contributed by atoms with Gasteiger partial charge in [-0.1, -0.05) is 41.7 Å². The monoisotopic (exact) mass is 597 g/mol. The molecule has 9 nitrogen and oxygen atoms in total. The number of hydrogen-bond acceptors (Lipinski definition) is 9. The normalized spacial score (nSPS) is 21.0. The number of nitrogens with one attached hydrogen (secondary N) is 1. The van der Waals surface area contributed by atoms with Crippen LogP contribution < -0.4 is 10.1 Å². The highest BCUT2D eigenvalue weighted by atomic mass is 32.2. The average Bonchev–Trinajstić information content (AvgIpc) is 3.57. The van der Waals surface area contributed by atoms with Crippen LogP contribution in [-0.4, -0.2) is 65.3 Å². The van der Waals surface area contributed by atoms with Crippen molar-refractivity contribution in [2.24, 2.45) is 0 Å². The Labute approximate surface area is 234 Å². The zero-order chi connectivity index (χ0) is 28.3. The summed E-state index contributed by atoms with van der Waals surface area (Å²) in [5, 5.41) is 3.32. The highest BCUT2D eigenvalue weighted by Gasteiger charge is 2.37. The number of alkyl halides is 3. The number of anilines is 1. The van der Waals surface area contributed by atoms with Crippen molar-refractivity contribution in [1.29, 1.82) is 0 Å². The van der Waals surface area contributed by atoms with Gasteiger partial charge >= 0.3 is 6.18 Å². The maximum atomic E-state index is 13.9. The van der Waals surface area contributed by atoms with Crippen LogP contribution in [0.1, 0.15) is 43.2 Å². The van der Waals surface area contributed by atoms with Crippen LogP contribution in [-0.2, 0) is 27.5 Å². The molecule has 0 unspecified atom stereocenters. The Morgan fingerprint density at radius 2 is 1.77 bits per heavy atom. The second-order valence-corrected chi connectivity index (χ2v) is 12.9. The minimum absolute atomic E-state index is 0.0434. The van der Waals surface area contributed by atoms with Gasteiger partial charge in [0.15, 0.2) is 0 Å². The van der Waals surface area contributed by atoms with Crippen LogP contribution in [0.2, 0.25) is 0 Å². The van der Waals surface area contributed by atoms with Crippen LogP contribution in [0.4, 0.5) is 19.1 Å². The summed E-state index contributed by atoms with van der Waals surface area (Å²) in [5.74, 6) is 0.0434. The lowest BCUT2D eigenvalue weighted by molar-refractivity contribution is -0.137. The third-order valence-corrected chi connectivity index (χ3v) is 9.22. The number of nitrogens with zero attached hydrogens (tertiary/aromatic N) is 4. The molecule has 1 aliphatic heterocycles. The lowest BCUT2D eigenvalue weighted by atomic mass is 10.1. The largest absolute Gasteiger partial charge is 0.464 e. The summed E-state index contributed by atoms with van der Waals surface area (Å²) in [4.78, 5) is 12.6. The van der Waals surface area contributed by atoms with E-state index in [0.29, 0.717) is 32.5 Å². The van der Waals surface area contributed by atoms with Gasteiger partial charge in [-0.25, -0.2) is 27.7 Å². The van der Waals surface area contributed by atoms with Crippen LogP contribution in [0.5, 0.6) is 5.19 Å². The van der Waals surface area contributed by atoms with Crippen LogP contribution in [0.25, 0.3) is 10.6 Å². The summed E-state index contributed by atoms with van der Waals surface area (Å²) < 4.78 is 78.6. The number of aromatic nitrogens is 3. The molecule has 2 aliphatic rings. The first kappa shape index (κ1) is 28.7. The predicted molar refractivity (Wildman–Crippen MR) is 144 cm³/mol. The quantitative estimate of drug-likeness (QED) is 0.369. The fourth-order valence-electron chi connectivity index (χ4n) is 4.91. The van der Waals surface area contributed by atoms with E-state index in [2.05, 4.69) is 20.3 Å². The van der Waals surface area contributed by atoms with Crippen LogP contribution in [0.3, 0.4) is 0 Å². The summed E-state index contributed by atoms with van der Waals surface area (Å²) >= 11 is 0.997. The molecule has 2 atom stereocenters. The molecule has 1 aromatic carbocycles. The summed E-state index contributed by atoms with van der Waals surface area (Å²) in [6.07, 6.45) is 1.70. The van der Waals surface area contributed by atoms with Gasteiger partial charge in [-0.05, 0) is 37.7 Å². The van der Waals surface area contributed by atoms with E-state index < -0.39 is 21.8 Å². The van der Waals surface area contributed by atoms with Gasteiger partial charge in [-0.3, -0.25) is 0 Å². The van der Waals surface area contributed by atoms with Crippen molar-refractivity contribution >= 4 is 27.3 Å². The fraction of sp³-hybridized carbons (Fsp3) is 0.500. The molecule has 1 aliphatic carbocycles. The van der Waals surface area contributed by atoms with Gasteiger partial charge in [-0.2, -0.15) is 13.2 Å². The standard InChI is InChI=1S/C26H30F3N5O4S2/c1-40(35,36)34-12-10-18(11-13-34)32-24-30-14-19(26(27,28)29)23(33-24)22-15-31-25(39-22)38-21-9-5-8-20(21)37-16-17-6-3-2-4-7-17/h2-4,6-7,14-15,18,20-21H,5,8-13,16H2,1H3,(H,30,32,33)/t20-,21-/m1/s1. The molecule has 3 aromatic rings. The fourth-order valence-corrected chi connectivity index (χ4v) is 6.60. The number of ether oxygens (including phenoxy) is 2. The van der Waals surface area contributed by atoms with Crippen molar-refractivity contribution in [2.45, 2.75) is 63.1 Å². The first-order valence-corrected chi connectivity index (χ1v) is 15.7. The Hall–Kier alpha value is -2.81. The Balaban J connectivity index is 1.28. The molecule has 2 aromatic heterocycles. The molecule has 40 heavy (non-hydrogen) atoms. The van der Waals surface area contributed by atoms with Gasteiger partial charge in [0.2, 0.25) is 16.0 Å². The van der Waals surface area contributed by atoms with Gasteiger partial charge in [-0.15, -0.1) is 0 Å². The van der Waals surface area contributed by atoms with Crippen LogP contribution in [0.15, 0.2) is 42.7 Å². The molecule has 0 radical (unpaired) electrons. The van der Waals surface area contributed by atoms with Crippen molar-refractivity contribution in [1.82, 2.24) is 19.3 Å². The molecule has 2 fully saturated rings. The van der Waals surface area contributed by atoms with E-state index in [-0.39, 0.29) is 40.0 Å². The van der Waals surface area contributed by atoms with Gasteiger partial charge in [0.1, 0.15) is 11.7 Å². The molecule has 216 valence electrons.